The molecule has 0 aliphatic carbocycles. The molecule has 0 atom stereocenters. The highest BCUT2D eigenvalue weighted by atomic mass is 79.9. The molecule has 0 bridgehead atoms. The zero-order valence-corrected chi connectivity index (χ0v) is 51.3. The number of methoxy groups -OCH3 is 2. The molecule has 0 heterocycles. The van der Waals surface area contributed by atoms with Gasteiger partial charge in [0.15, 0.2) is 0 Å². The summed E-state index contributed by atoms with van der Waals surface area (Å²) >= 11 is 6.47. The molecular formula is C67H60Br2F4N4O11. The number of carboxylic acid groups (broad SMARTS) is 2. The molecule has 0 saturated heterocycles. The van der Waals surface area contributed by atoms with E-state index in [0.29, 0.717) is 78.4 Å². The van der Waals surface area contributed by atoms with Crippen molar-refractivity contribution in [1.29, 1.82) is 0 Å². The van der Waals surface area contributed by atoms with E-state index in [1.54, 1.807) is 155 Å². The summed E-state index contributed by atoms with van der Waals surface area (Å²) < 4.78 is 62.2. The lowest BCUT2D eigenvalue weighted by Gasteiger charge is -2.07. The van der Waals surface area contributed by atoms with Crippen molar-refractivity contribution in [1.82, 2.24) is 0 Å². The number of anilines is 4. The van der Waals surface area contributed by atoms with Crippen LogP contribution in [0.4, 0.5) is 40.3 Å². The van der Waals surface area contributed by atoms with Crippen LogP contribution >= 0.6 is 31.9 Å². The Balaban J connectivity index is 0.000000291. The monoisotopic (exact) mass is 1330 g/mol. The first-order valence-electron chi connectivity index (χ1n) is 25.8. The van der Waals surface area contributed by atoms with Gasteiger partial charge in [-0.2, -0.15) is 0 Å². The van der Waals surface area contributed by atoms with Crippen LogP contribution in [0.25, 0.3) is 12.2 Å². The largest absolute Gasteiger partial charge is 0.478 e. The van der Waals surface area contributed by atoms with Crippen molar-refractivity contribution in [2.75, 3.05) is 35.9 Å². The second-order valence-corrected chi connectivity index (χ2v) is 19.9. The summed E-state index contributed by atoms with van der Waals surface area (Å²) in [7, 11) is 2.60. The Labute approximate surface area is 522 Å². The molecule has 456 valence electrons. The summed E-state index contributed by atoms with van der Waals surface area (Å²) in [6.45, 7) is 9.74. The number of nitrogens with one attached hydrogen (secondary N) is 3. The number of carbonyl (C=O) groups is 7. The SMILES string of the molecule is C=CC(=O)OC.COC(=O)/C=C/c1cccc(C(=O)Nc2ccc(F)c(C)c2)c1.Cc1cc(N)ccc1F.Cc1cc(NC(=O)c2cccc(/C=C/C(=O)O)c2)ccc1F.Cc1cc(NC(=O)c2cccc(Br)c2)ccc1F.O=C(O)c1cccc(Br)c1. The van der Waals surface area contributed by atoms with E-state index in [2.05, 4.69) is 63.9 Å². The molecule has 8 aromatic carbocycles. The average molecular weight is 1330 g/mol. The van der Waals surface area contributed by atoms with Gasteiger partial charge in [-0.25, -0.2) is 36.7 Å². The molecule has 8 rings (SSSR count). The first-order valence-corrected chi connectivity index (χ1v) is 27.4. The normalized spacial score (nSPS) is 10.0. The number of amides is 3. The van der Waals surface area contributed by atoms with Crippen molar-refractivity contribution in [2.45, 2.75) is 27.7 Å². The Morgan fingerprint density at radius 2 is 0.795 bits per heavy atom. The van der Waals surface area contributed by atoms with Crippen LogP contribution in [0, 0.1) is 51.0 Å². The number of benzene rings is 8. The zero-order valence-electron chi connectivity index (χ0n) is 48.2. The summed E-state index contributed by atoms with van der Waals surface area (Å²) in [5, 5.41) is 25.2. The van der Waals surface area contributed by atoms with Crippen LogP contribution in [0.5, 0.6) is 0 Å². The van der Waals surface area contributed by atoms with Crippen LogP contribution in [-0.2, 0) is 23.9 Å². The fourth-order valence-corrected chi connectivity index (χ4v) is 7.55. The minimum atomic E-state index is -1.06. The van der Waals surface area contributed by atoms with Gasteiger partial charge in [-0.1, -0.05) is 74.8 Å². The number of hydrogen-bond donors (Lipinski definition) is 6. The lowest BCUT2D eigenvalue weighted by atomic mass is 10.1. The fraction of sp³-hybridized carbons (Fsp3) is 0.0896. The number of rotatable bonds is 12. The molecule has 0 unspecified atom stereocenters. The second-order valence-electron chi connectivity index (χ2n) is 18.1. The molecule has 0 saturated carbocycles. The van der Waals surface area contributed by atoms with Crippen LogP contribution < -0.4 is 21.7 Å². The fourth-order valence-electron chi connectivity index (χ4n) is 6.75. The van der Waals surface area contributed by atoms with Gasteiger partial charge in [0, 0.05) is 66.6 Å². The van der Waals surface area contributed by atoms with E-state index in [4.69, 9.17) is 15.9 Å². The predicted molar refractivity (Wildman–Crippen MR) is 341 cm³/mol. The Morgan fingerprint density at radius 3 is 1.10 bits per heavy atom. The van der Waals surface area contributed by atoms with Gasteiger partial charge in [-0.05, 0) is 207 Å². The number of nitrogens with two attached hydrogens (primary N) is 1. The maximum absolute atomic E-state index is 13.2. The Hall–Kier alpha value is -10.3. The van der Waals surface area contributed by atoms with Crippen molar-refractivity contribution in [3.05, 3.63) is 283 Å². The topological polar surface area (TPSA) is 241 Å². The van der Waals surface area contributed by atoms with Crippen molar-refractivity contribution >= 4 is 108 Å². The average Bonchev–Trinajstić information content (AvgIpc) is 3.62. The first-order chi connectivity index (χ1) is 41.7. The molecule has 15 nitrogen and oxygen atoms in total. The quantitative estimate of drug-likeness (QED) is 0.0290. The molecular weight excluding hydrogens is 1270 g/mol. The van der Waals surface area contributed by atoms with Crippen LogP contribution in [0.15, 0.2) is 204 Å². The Bertz CT molecular complexity index is 3840. The summed E-state index contributed by atoms with van der Waals surface area (Å²) in [6, 6.07) is 44.7. The lowest BCUT2D eigenvalue weighted by Crippen LogP contribution is -2.12. The Morgan fingerprint density at radius 1 is 0.455 bits per heavy atom. The van der Waals surface area contributed by atoms with Gasteiger partial charge >= 0.3 is 23.9 Å². The van der Waals surface area contributed by atoms with Gasteiger partial charge in [0.1, 0.15) is 23.3 Å². The van der Waals surface area contributed by atoms with Crippen LogP contribution in [0.3, 0.4) is 0 Å². The van der Waals surface area contributed by atoms with E-state index in [-0.39, 0.29) is 41.0 Å². The molecule has 0 fully saturated rings. The van der Waals surface area contributed by atoms with Crippen LogP contribution in [-0.4, -0.2) is 66.0 Å². The van der Waals surface area contributed by atoms with Crippen LogP contribution in [0.2, 0.25) is 0 Å². The highest BCUT2D eigenvalue weighted by Gasteiger charge is 2.11. The van der Waals surface area contributed by atoms with Gasteiger partial charge in [0.05, 0.1) is 19.8 Å². The van der Waals surface area contributed by atoms with E-state index in [1.807, 2.05) is 6.07 Å². The molecule has 8 aromatic rings. The minimum Gasteiger partial charge on any atom is -0.478 e. The maximum atomic E-state index is 13.2. The number of aromatic carboxylic acids is 1. The number of nitrogen functional groups attached to an aromatic ring is 1. The lowest BCUT2D eigenvalue weighted by molar-refractivity contribution is -0.135. The Kier molecular flexibility index (Phi) is 30.5. The van der Waals surface area contributed by atoms with Gasteiger partial charge in [-0.15, -0.1) is 0 Å². The number of carboxylic acids is 2. The molecule has 7 N–H and O–H groups in total. The molecule has 0 aliphatic rings. The molecule has 0 radical (unpaired) electrons. The first kappa shape index (κ1) is 72.0. The summed E-state index contributed by atoms with van der Waals surface area (Å²) in [4.78, 5) is 78.1. The van der Waals surface area contributed by atoms with E-state index in [0.717, 1.165) is 21.1 Å². The molecule has 21 heteroatoms. The third-order valence-corrected chi connectivity index (χ3v) is 12.3. The van der Waals surface area contributed by atoms with E-state index in [1.165, 1.54) is 68.8 Å². The van der Waals surface area contributed by atoms with Gasteiger partial charge in [-0.3, -0.25) is 14.4 Å². The third-order valence-electron chi connectivity index (χ3n) is 11.3. The number of carbonyl (C=O) groups excluding carboxylic acids is 5. The number of ether oxygens (including phenoxy) is 2. The van der Waals surface area contributed by atoms with Gasteiger partial charge < -0.3 is 41.4 Å². The molecule has 0 aromatic heterocycles. The second kappa shape index (κ2) is 37.2. The highest BCUT2D eigenvalue weighted by molar-refractivity contribution is 9.10. The van der Waals surface area contributed by atoms with E-state index >= 15 is 0 Å². The van der Waals surface area contributed by atoms with Crippen molar-refractivity contribution in [3.63, 3.8) is 0 Å². The third kappa shape index (κ3) is 26.8. The molecule has 0 spiro atoms. The van der Waals surface area contributed by atoms with E-state index < -0.39 is 23.9 Å². The summed E-state index contributed by atoms with van der Waals surface area (Å²) in [5.41, 5.74) is 12.5. The van der Waals surface area contributed by atoms with E-state index in [9.17, 15) is 51.1 Å². The zero-order chi connectivity index (χ0) is 65.5. The van der Waals surface area contributed by atoms with Crippen molar-refractivity contribution < 1.29 is 70.8 Å². The molecule has 88 heavy (non-hydrogen) atoms. The molecule has 0 aliphatic heterocycles. The summed E-state index contributed by atoms with van der Waals surface area (Å²) in [6.07, 6.45) is 6.35. The number of halogens is 6. The van der Waals surface area contributed by atoms with Gasteiger partial charge in [0.25, 0.3) is 17.7 Å². The van der Waals surface area contributed by atoms with Gasteiger partial charge in [0.2, 0.25) is 0 Å². The maximum Gasteiger partial charge on any atom is 0.335 e. The number of hydrogen-bond acceptors (Lipinski definition) is 10. The number of aliphatic carboxylic acids is 1. The smallest absolute Gasteiger partial charge is 0.335 e. The highest BCUT2D eigenvalue weighted by Crippen LogP contribution is 2.20. The minimum absolute atomic E-state index is 0.204. The van der Waals surface area contributed by atoms with Crippen LogP contribution in [0.1, 0.15) is 74.8 Å². The standard InChI is InChI=1S/C18H16FNO3.C17H14FNO3.C14H11BrFNO.C7H5BrO2.C7H8FN.C4H6O2/c1-12-10-15(7-8-16(12)19)20-18(22)14-5-3-4-13(11-14)6-9-17(21)23-2;1-11-9-14(6-7-15(11)18)19-17(22)13-4-2-3-12(10-13)5-8-16(20)21;1-9-7-12(5-6-13(9)16)17-14(18)10-3-2-4-11(15)8-10;8-6-3-1-2-5(4-6)7(9)10;1-5-4-6(9)2-3-7(5)8;1-3-4(5)6-2/h3-11H,1-2H3,(H,20,22);2-10H,1H3,(H,19,22)(H,20,21);2-8H,1H3,(H,17,18);1-4H,(H,9,10);2-4H,9H2,1H3;3H,1H2,2H3/b9-6+;8-5+;;;;. The molecule has 3 amide bonds. The van der Waals surface area contributed by atoms with Crippen molar-refractivity contribution in [2.24, 2.45) is 0 Å². The number of aryl methyl sites for hydroxylation is 4. The number of esters is 2. The summed E-state index contributed by atoms with van der Waals surface area (Å²) in [5.74, 6) is -4.85. The van der Waals surface area contributed by atoms with Crippen molar-refractivity contribution in [3.8, 4) is 0 Å². The predicted octanol–water partition coefficient (Wildman–Crippen LogP) is 15.4.